The molecule has 15 heteroatoms. The molecule has 3 amide bonds. The standard InChI is InChI=1S/C23H20N6O6S3/c30-11-25-23-26-14(9-38-23)16(28-35-13-3-4-13)19(31)27-17-20(32)29-18(22(33)34)15(10-37-21(17)29)36-7-5-12-2-1-6-24-8-12/h1-2,5-9,11,13,17,21H,3-4,10H2,(H,27,31)(H,33,34)(H,25,26,30)/b7-5-,28-16?/t17-,21+/m1/s1. The Balaban J connectivity index is 1.30. The van der Waals surface area contributed by atoms with Gasteiger partial charge in [0.2, 0.25) is 6.41 Å². The van der Waals surface area contributed by atoms with Gasteiger partial charge in [-0.25, -0.2) is 9.78 Å². The summed E-state index contributed by atoms with van der Waals surface area (Å²) in [7, 11) is 0. The number of thioether (sulfide) groups is 2. The summed E-state index contributed by atoms with van der Waals surface area (Å²) in [6.45, 7) is 0. The molecule has 0 bridgehead atoms. The third-order valence-electron chi connectivity index (χ3n) is 5.54. The van der Waals surface area contributed by atoms with E-state index in [-0.39, 0.29) is 28.3 Å². The number of aliphatic carboxylic acids is 1. The van der Waals surface area contributed by atoms with Crippen molar-refractivity contribution < 1.29 is 29.1 Å². The van der Waals surface area contributed by atoms with Crippen LogP contribution in [0.15, 0.2) is 51.1 Å². The average Bonchev–Trinajstić information content (AvgIpc) is 3.64. The average molecular weight is 573 g/mol. The summed E-state index contributed by atoms with van der Waals surface area (Å²) < 4.78 is 0. The molecule has 0 spiro atoms. The number of hydrogen-bond acceptors (Lipinski definition) is 11. The van der Waals surface area contributed by atoms with Gasteiger partial charge in [0.1, 0.15) is 28.9 Å². The molecular formula is C23H20N6O6S3. The predicted molar refractivity (Wildman–Crippen MR) is 143 cm³/mol. The Hall–Kier alpha value is -3.69. The molecule has 2 aromatic heterocycles. The number of pyridine rings is 1. The number of thiazole rings is 1. The lowest BCUT2D eigenvalue weighted by Crippen LogP contribution is -2.71. The number of carboxylic acids is 1. The first kappa shape index (κ1) is 25.9. The number of β-lactam (4-membered cyclic amide) rings is 1. The van der Waals surface area contributed by atoms with Crippen LogP contribution in [0.25, 0.3) is 6.08 Å². The van der Waals surface area contributed by atoms with Gasteiger partial charge < -0.3 is 20.6 Å². The minimum atomic E-state index is -1.22. The molecule has 196 valence electrons. The Labute approximate surface area is 228 Å². The summed E-state index contributed by atoms with van der Waals surface area (Å²) in [5, 5.41) is 21.9. The molecule has 1 aliphatic carbocycles. The van der Waals surface area contributed by atoms with Crippen molar-refractivity contribution in [1.29, 1.82) is 0 Å². The highest BCUT2D eigenvalue weighted by Crippen LogP contribution is 2.43. The van der Waals surface area contributed by atoms with E-state index >= 15 is 0 Å². The first-order chi connectivity index (χ1) is 18.5. The van der Waals surface area contributed by atoms with Gasteiger partial charge in [0.25, 0.3) is 11.8 Å². The number of oxime groups is 1. The van der Waals surface area contributed by atoms with E-state index in [1.165, 1.54) is 28.4 Å². The Morgan fingerprint density at radius 3 is 2.89 bits per heavy atom. The van der Waals surface area contributed by atoms with E-state index in [9.17, 15) is 24.3 Å². The van der Waals surface area contributed by atoms with Crippen LogP contribution < -0.4 is 10.6 Å². The second-order valence-electron chi connectivity index (χ2n) is 8.19. The van der Waals surface area contributed by atoms with Crippen molar-refractivity contribution in [1.82, 2.24) is 20.2 Å². The SMILES string of the molecule is O=CNc1nc(C(=NOC2CC2)C(=O)N[C@@H]2C(=O)N3C(C(=O)O)=C(S/C=C\c4cccnc4)CS[C@@H]23)cs1. The summed E-state index contributed by atoms with van der Waals surface area (Å²) in [6.07, 6.45) is 7.18. The molecule has 0 unspecified atom stereocenters. The molecule has 1 saturated carbocycles. The summed E-state index contributed by atoms with van der Waals surface area (Å²) in [4.78, 5) is 64.3. The summed E-state index contributed by atoms with van der Waals surface area (Å²) in [6, 6.07) is 2.72. The number of hydrogen-bond donors (Lipinski definition) is 3. The number of carbonyl (C=O) groups excluding carboxylic acids is 3. The number of nitrogens with zero attached hydrogens (tertiary/aromatic N) is 4. The molecule has 2 aliphatic heterocycles. The highest BCUT2D eigenvalue weighted by molar-refractivity contribution is 8.08. The van der Waals surface area contributed by atoms with Gasteiger partial charge in [0, 0.05) is 28.4 Å². The lowest BCUT2D eigenvalue weighted by molar-refractivity contribution is -0.150. The van der Waals surface area contributed by atoms with Crippen LogP contribution in [-0.4, -0.2) is 73.2 Å². The second kappa shape index (κ2) is 11.4. The van der Waals surface area contributed by atoms with Crippen molar-refractivity contribution in [2.75, 3.05) is 11.1 Å². The normalized spacial score (nSPS) is 21.1. The van der Waals surface area contributed by atoms with Gasteiger partial charge in [-0.15, -0.1) is 23.1 Å². The minimum absolute atomic E-state index is 0.0786. The molecular weight excluding hydrogens is 552 g/mol. The second-order valence-corrected chi connectivity index (χ2v) is 11.2. The lowest BCUT2D eigenvalue weighted by atomic mass is 10.0. The van der Waals surface area contributed by atoms with E-state index < -0.39 is 29.2 Å². The van der Waals surface area contributed by atoms with Crippen LogP contribution in [0.1, 0.15) is 24.1 Å². The van der Waals surface area contributed by atoms with Gasteiger partial charge in [-0.1, -0.05) is 23.0 Å². The molecule has 12 nitrogen and oxygen atoms in total. The van der Waals surface area contributed by atoms with Crippen LogP contribution >= 0.6 is 34.9 Å². The fourth-order valence-corrected chi connectivity index (χ4v) is 6.58. The van der Waals surface area contributed by atoms with Crippen molar-refractivity contribution in [3.05, 3.63) is 57.2 Å². The number of carboxylic acid groups (broad SMARTS) is 1. The number of amides is 3. The maximum atomic E-state index is 13.1. The monoisotopic (exact) mass is 572 g/mol. The maximum absolute atomic E-state index is 13.1. The van der Waals surface area contributed by atoms with Gasteiger partial charge in [-0.2, -0.15) is 0 Å². The zero-order chi connectivity index (χ0) is 26.6. The Morgan fingerprint density at radius 2 is 2.18 bits per heavy atom. The van der Waals surface area contributed by atoms with Gasteiger partial charge in [-0.05, 0) is 36.0 Å². The molecule has 0 aromatic carbocycles. The highest BCUT2D eigenvalue weighted by Gasteiger charge is 2.54. The maximum Gasteiger partial charge on any atom is 0.353 e. The third-order valence-corrected chi connectivity index (χ3v) is 8.67. The van der Waals surface area contributed by atoms with Crippen LogP contribution in [0, 0.1) is 0 Å². The topological polar surface area (TPSA) is 163 Å². The summed E-state index contributed by atoms with van der Waals surface area (Å²) >= 11 is 3.69. The molecule has 1 saturated heterocycles. The molecule has 4 heterocycles. The summed E-state index contributed by atoms with van der Waals surface area (Å²) in [5.41, 5.74) is 0.812. The number of anilines is 1. The van der Waals surface area contributed by atoms with Gasteiger partial charge in [0.05, 0.1) is 0 Å². The van der Waals surface area contributed by atoms with Crippen LogP contribution in [0.3, 0.4) is 0 Å². The van der Waals surface area contributed by atoms with Gasteiger partial charge in [-0.3, -0.25) is 24.3 Å². The highest BCUT2D eigenvalue weighted by atomic mass is 32.2. The van der Waals surface area contributed by atoms with Crippen LogP contribution in [0.2, 0.25) is 0 Å². The quantitative estimate of drug-likeness (QED) is 0.157. The predicted octanol–water partition coefficient (Wildman–Crippen LogP) is 2.09. The summed E-state index contributed by atoms with van der Waals surface area (Å²) in [5.74, 6) is -2.09. The van der Waals surface area contributed by atoms with E-state index in [1.54, 1.807) is 35.3 Å². The van der Waals surface area contributed by atoms with E-state index in [0.717, 1.165) is 29.7 Å². The van der Waals surface area contributed by atoms with Crippen molar-refractivity contribution in [2.45, 2.75) is 30.4 Å². The van der Waals surface area contributed by atoms with Crippen molar-refractivity contribution in [3.8, 4) is 0 Å². The Bertz CT molecular complexity index is 1360. The number of aromatic nitrogens is 2. The van der Waals surface area contributed by atoms with E-state index in [0.29, 0.717) is 17.1 Å². The number of rotatable bonds is 11. The largest absolute Gasteiger partial charge is 0.477 e. The van der Waals surface area contributed by atoms with E-state index in [4.69, 9.17) is 4.84 Å². The van der Waals surface area contributed by atoms with Crippen molar-refractivity contribution in [2.24, 2.45) is 5.16 Å². The zero-order valence-electron chi connectivity index (χ0n) is 19.5. The van der Waals surface area contributed by atoms with E-state index in [2.05, 4.69) is 25.8 Å². The van der Waals surface area contributed by atoms with Crippen molar-refractivity contribution in [3.63, 3.8) is 0 Å². The van der Waals surface area contributed by atoms with Crippen LogP contribution in [-0.2, 0) is 24.0 Å². The lowest BCUT2D eigenvalue weighted by Gasteiger charge is -2.49. The molecule has 2 aromatic rings. The molecule has 0 radical (unpaired) electrons. The van der Waals surface area contributed by atoms with Gasteiger partial charge in [0.15, 0.2) is 10.8 Å². The van der Waals surface area contributed by atoms with Crippen molar-refractivity contribution >= 4 is 76.0 Å². The fraction of sp³-hybridized carbons (Fsp3) is 0.261. The Kier molecular flexibility index (Phi) is 7.76. The minimum Gasteiger partial charge on any atom is -0.477 e. The van der Waals surface area contributed by atoms with Crippen LogP contribution in [0.4, 0.5) is 5.13 Å². The van der Waals surface area contributed by atoms with Crippen LogP contribution in [0.5, 0.6) is 0 Å². The molecule has 2 atom stereocenters. The van der Waals surface area contributed by atoms with Gasteiger partial charge >= 0.3 is 5.97 Å². The zero-order valence-corrected chi connectivity index (χ0v) is 21.9. The molecule has 5 rings (SSSR count). The molecule has 3 aliphatic rings. The number of fused-ring (bicyclic) bond motifs is 1. The first-order valence-electron chi connectivity index (χ1n) is 11.3. The third kappa shape index (κ3) is 5.58. The molecule has 2 fully saturated rings. The molecule has 38 heavy (non-hydrogen) atoms. The molecule has 3 N–H and O–H groups in total. The number of nitrogens with one attached hydrogen (secondary N) is 2. The number of carbonyl (C=O) groups is 4. The first-order valence-corrected chi connectivity index (χ1v) is 14.1. The Morgan fingerprint density at radius 1 is 1.34 bits per heavy atom. The smallest absolute Gasteiger partial charge is 0.353 e. The van der Waals surface area contributed by atoms with E-state index in [1.807, 2.05) is 6.07 Å². The fourth-order valence-electron chi connectivity index (χ4n) is 3.56.